The van der Waals surface area contributed by atoms with Gasteiger partial charge in [-0.15, -0.1) is 11.3 Å². The first-order chi connectivity index (χ1) is 13.6. The second-order valence-electron chi connectivity index (χ2n) is 6.01. The number of methoxy groups -OCH3 is 1. The van der Waals surface area contributed by atoms with E-state index in [1.165, 1.54) is 11.3 Å². The first-order valence-electron chi connectivity index (χ1n) is 8.90. The number of rotatable bonds is 7. The van der Waals surface area contributed by atoms with Crippen molar-refractivity contribution in [2.45, 2.75) is 13.3 Å². The van der Waals surface area contributed by atoms with Gasteiger partial charge in [-0.3, -0.25) is 4.79 Å². The molecule has 1 N–H and O–H groups in total. The number of esters is 1. The van der Waals surface area contributed by atoms with Crippen molar-refractivity contribution in [1.82, 2.24) is 0 Å². The van der Waals surface area contributed by atoms with E-state index >= 15 is 0 Å². The minimum absolute atomic E-state index is 0.197. The van der Waals surface area contributed by atoms with E-state index in [0.29, 0.717) is 10.6 Å². The summed E-state index contributed by atoms with van der Waals surface area (Å²) in [6.07, 6.45) is 0.199. The molecule has 3 aromatic rings. The number of hydrogen-bond donors (Lipinski definition) is 1. The van der Waals surface area contributed by atoms with Gasteiger partial charge in [-0.25, -0.2) is 4.79 Å². The molecule has 0 spiro atoms. The van der Waals surface area contributed by atoms with Crippen molar-refractivity contribution in [3.8, 4) is 16.2 Å². The van der Waals surface area contributed by atoms with Crippen LogP contribution in [-0.2, 0) is 16.0 Å². The van der Waals surface area contributed by atoms with E-state index in [0.717, 1.165) is 21.8 Å². The summed E-state index contributed by atoms with van der Waals surface area (Å²) >= 11 is 1.36. The molecule has 0 radical (unpaired) electrons. The Labute approximate surface area is 167 Å². The van der Waals surface area contributed by atoms with Crippen molar-refractivity contribution >= 4 is 28.2 Å². The molecule has 0 saturated heterocycles. The van der Waals surface area contributed by atoms with Gasteiger partial charge in [0.2, 0.25) is 5.91 Å². The zero-order valence-electron chi connectivity index (χ0n) is 15.7. The lowest BCUT2D eigenvalue weighted by Crippen LogP contribution is -2.16. The van der Waals surface area contributed by atoms with Crippen LogP contribution in [0.15, 0.2) is 60.7 Å². The van der Waals surface area contributed by atoms with E-state index in [1.54, 1.807) is 20.1 Å². The van der Waals surface area contributed by atoms with Gasteiger partial charge < -0.3 is 14.8 Å². The molecule has 1 heterocycles. The molecule has 2 aromatic carbocycles. The molecule has 0 aliphatic heterocycles. The Morgan fingerprint density at radius 3 is 2.39 bits per heavy atom. The first kappa shape index (κ1) is 19.6. The van der Waals surface area contributed by atoms with Crippen molar-refractivity contribution in [2.24, 2.45) is 0 Å². The fraction of sp³-hybridized carbons (Fsp3) is 0.182. The fourth-order valence-corrected chi connectivity index (χ4v) is 3.76. The maximum atomic E-state index is 12.5. The lowest BCUT2D eigenvalue weighted by molar-refractivity contribution is -0.115. The first-order valence-corrected chi connectivity index (χ1v) is 9.71. The molecular formula is C22H21NO4S. The summed E-state index contributed by atoms with van der Waals surface area (Å²) in [6.45, 7) is 2.03. The smallest absolute Gasteiger partial charge is 0.341 e. The lowest BCUT2D eigenvalue weighted by Gasteiger charge is -2.07. The maximum Gasteiger partial charge on any atom is 0.341 e. The topological polar surface area (TPSA) is 64.6 Å². The molecule has 3 rings (SSSR count). The van der Waals surface area contributed by atoms with Gasteiger partial charge in [0, 0.05) is 4.88 Å². The number of carbonyl (C=O) groups excluding carboxylic acids is 2. The predicted molar refractivity (Wildman–Crippen MR) is 111 cm³/mol. The van der Waals surface area contributed by atoms with Crippen LogP contribution in [0.25, 0.3) is 10.4 Å². The quantitative estimate of drug-likeness (QED) is 0.585. The number of ether oxygens (including phenoxy) is 2. The minimum Gasteiger partial charge on any atom is -0.497 e. The van der Waals surface area contributed by atoms with Gasteiger partial charge >= 0.3 is 5.97 Å². The molecule has 0 bridgehead atoms. The highest BCUT2D eigenvalue weighted by molar-refractivity contribution is 7.20. The Kier molecular flexibility index (Phi) is 6.45. The number of hydrogen-bond acceptors (Lipinski definition) is 5. The van der Waals surface area contributed by atoms with E-state index < -0.39 is 5.97 Å². The number of nitrogens with one attached hydrogen (secondary N) is 1. The van der Waals surface area contributed by atoms with Crippen molar-refractivity contribution in [2.75, 3.05) is 19.0 Å². The molecule has 0 atom stereocenters. The summed E-state index contributed by atoms with van der Waals surface area (Å²) in [5, 5.41) is 3.36. The Balaban J connectivity index is 1.81. The summed E-state index contributed by atoms with van der Waals surface area (Å²) in [7, 11) is 1.60. The van der Waals surface area contributed by atoms with E-state index in [4.69, 9.17) is 9.47 Å². The zero-order valence-corrected chi connectivity index (χ0v) is 16.5. The highest BCUT2D eigenvalue weighted by atomic mass is 32.1. The van der Waals surface area contributed by atoms with Crippen molar-refractivity contribution in [3.63, 3.8) is 0 Å². The van der Waals surface area contributed by atoms with Crippen LogP contribution in [0, 0.1) is 0 Å². The summed E-state index contributed by atoms with van der Waals surface area (Å²) in [6, 6.07) is 18.8. The van der Waals surface area contributed by atoms with Crippen molar-refractivity contribution in [1.29, 1.82) is 0 Å². The van der Waals surface area contributed by atoms with Gasteiger partial charge in [-0.2, -0.15) is 0 Å². The molecule has 6 heteroatoms. The van der Waals surface area contributed by atoms with E-state index in [1.807, 2.05) is 54.6 Å². The molecule has 0 unspecified atom stereocenters. The zero-order chi connectivity index (χ0) is 19.9. The van der Waals surface area contributed by atoms with Crippen LogP contribution >= 0.6 is 11.3 Å². The molecular weight excluding hydrogens is 374 g/mol. The van der Waals surface area contributed by atoms with Crippen LogP contribution < -0.4 is 10.1 Å². The van der Waals surface area contributed by atoms with Gasteiger partial charge in [0.05, 0.1) is 25.7 Å². The van der Waals surface area contributed by atoms with Crippen LogP contribution in [0.2, 0.25) is 0 Å². The Morgan fingerprint density at radius 1 is 1.04 bits per heavy atom. The Hall–Kier alpha value is -3.12. The highest BCUT2D eigenvalue weighted by Gasteiger charge is 2.20. The minimum atomic E-state index is -0.444. The van der Waals surface area contributed by atoms with Crippen LogP contribution in [0.5, 0.6) is 5.75 Å². The largest absolute Gasteiger partial charge is 0.497 e. The molecule has 0 saturated carbocycles. The molecule has 0 aliphatic rings. The number of benzene rings is 2. The fourth-order valence-electron chi connectivity index (χ4n) is 2.69. The van der Waals surface area contributed by atoms with Gasteiger partial charge in [0.1, 0.15) is 10.8 Å². The molecule has 5 nitrogen and oxygen atoms in total. The molecule has 0 aliphatic carbocycles. The summed E-state index contributed by atoms with van der Waals surface area (Å²) < 4.78 is 10.3. The molecule has 0 fully saturated rings. The van der Waals surface area contributed by atoms with Crippen molar-refractivity contribution in [3.05, 3.63) is 71.8 Å². The normalized spacial score (nSPS) is 10.4. The van der Waals surface area contributed by atoms with Gasteiger partial charge in [0.25, 0.3) is 0 Å². The SMILES string of the molecule is CCOC(=O)c1cc(-c2ccccc2)sc1NC(=O)Cc1ccc(OC)cc1. The summed E-state index contributed by atoms with van der Waals surface area (Å²) in [4.78, 5) is 25.8. The highest BCUT2D eigenvalue weighted by Crippen LogP contribution is 2.36. The standard InChI is InChI=1S/C22H21NO4S/c1-3-27-22(25)18-14-19(16-7-5-4-6-8-16)28-21(18)23-20(24)13-15-9-11-17(26-2)12-10-15/h4-12,14H,3,13H2,1-2H3,(H,23,24). The van der Waals surface area contributed by atoms with E-state index in [2.05, 4.69) is 5.32 Å². The molecule has 144 valence electrons. The van der Waals surface area contributed by atoms with Gasteiger partial charge in [-0.1, -0.05) is 42.5 Å². The van der Waals surface area contributed by atoms with Crippen molar-refractivity contribution < 1.29 is 19.1 Å². The average Bonchev–Trinajstić information content (AvgIpc) is 3.13. The second kappa shape index (κ2) is 9.19. The summed E-state index contributed by atoms with van der Waals surface area (Å²) in [5.74, 6) is 0.0948. The number of thiophene rings is 1. The van der Waals surface area contributed by atoms with Crippen LogP contribution in [0.3, 0.4) is 0 Å². The monoisotopic (exact) mass is 395 g/mol. The third-order valence-electron chi connectivity index (χ3n) is 4.06. The Morgan fingerprint density at radius 2 is 1.75 bits per heavy atom. The molecule has 28 heavy (non-hydrogen) atoms. The number of anilines is 1. The average molecular weight is 395 g/mol. The van der Waals surface area contributed by atoms with Gasteiger partial charge in [0.15, 0.2) is 0 Å². The maximum absolute atomic E-state index is 12.5. The van der Waals surface area contributed by atoms with Gasteiger partial charge in [-0.05, 0) is 36.2 Å². The lowest BCUT2D eigenvalue weighted by atomic mass is 10.1. The third kappa shape index (κ3) is 4.78. The Bertz CT molecular complexity index is 948. The van der Waals surface area contributed by atoms with Crippen LogP contribution in [0.4, 0.5) is 5.00 Å². The van der Waals surface area contributed by atoms with E-state index in [-0.39, 0.29) is 18.9 Å². The van der Waals surface area contributed by atoms with Crippen LogP contribution in [0.1, 0.15) is 22.8 Å². The summed E-state index contributed by atoms with van der Waals surface area (Å²) in [5.41, 5.74) is 2.21. The third-order valence-corrected chi connectivity index (χ3v) is 5.16. The number of carbonyl (C=O) groups is 2. The van der Waals surface area contributed by atoms with E-state index in [9.17, 15) is 9.59 Å². The second-order valence-corrected chi connectivity index (χ2v) is 7.07. The molecule has 1 amide bonds. The number of amides is 1. The molecule has 1 aromatic heterocycles. The predicted octanol–water partition coefficient (Wildman–Crippen LogP) is 4.78. The van der Waals surface area contributed by atoms with Crippen LogP contribution in [-0.4, -0.2) is 25.6 Å².